The normalized spacial score (nSPS) is 18.8. The Labute approximate surface area is 145 Å². The Morgan fingerprint density at radius 2 is 2.08 bits per heavy atom. The van der Waals surface area contributed by atoms with Crippen molar-refractivity contribution in [2.24, 2.45) is 7.05 Å². The van der Waals surface area contributed by atoms with Crippen LogP contribution in [0.4, 0.5) is 5.88 Å². The van der Waals surface area contributed by atoms with Gasteiger partial charge in [-0.15, -0.1) is 0 Å². The number of hydrogen-bond donors (Lipinski definition) is 0. The molecule has 2 aromatic heterocycles. The van der Waals surface area contributed by atoms with E-state index in [2.05, 4.69) is 25.8 Å². The predicted octanol–water partition coefficient (Wildman–Crippen LogP) is 2.13. The average Bonchev–Trinajstić information content (AvgIpc) is 3.30. The predicted molar refractivity (Wildman–Crippen MR) is 88.9 cm³/mol. The van der Waals surface area contributed by atoms with E-state index in [0.717, 1.165) is 57.3 Å². The zero-order valence-corrected chi connectivity index (χ0v) is 14.3. The third-order valence-electron chi connectivity index (χ3n) is 4.71. The molecule has 0 amide bonds. The molecule has 7 nitrogen and oxygen atoms in total. The molecule has 2 fully saturated rings. The van der Waals surface area contributed by atoms with Crippen LogP contribution in [0, 0.1) is 11.3 Å². The summed E-state index contributed by atoms with van der Waals surface area (Å²) >= 11 is 6.04. The fraction of sp³-hybridized carbons (Fsp3) is 0.562. The lowest BCUT2D eigenvalue weighted by Gasteiger charge is -2.34. The lowest BCUT2D eigenvalue weighted by atomic mass is 10.3. The van der Waals surface area contributed by atoms with Gasteiger partial charge in [-0.05, 0) is 12.8 Å². The molecule has 2 aromatic rings. The van der Waals surface area contributed by atoms with Gasteiger partial charge in [0.2, 0.25) is 17.5 Å². The fourth-order valence-electron chi connectivity index (χ4n) is 3.00. The van der Waals surface area contributed by atoms with Crippen molar-refractivity contribution in [2.75, 3.05) is 31.1 Å². The molecular formula is C16H19ClN6O. The molecule has 126 valence electrons. The molecule has 0 atom stereocenters. The maximum Gasteiger partial charge on any atom is 0.234 e. The van der Waals surface area contributed by atoms with E-state index >= 15 is 0 Å². The fourth-order valence-corrected chi connectivity index (χ4v) is 3.15. The summed E-state index contributed by atoms with van der Waals surface area (Å²) in [6.45, 7) is 4.16. The first-order chi connectivity index (χ1) is 11.7. The van der Waals surface area contributed by atoms with Gasteiger partial charge in [0.25, 0.3) is 0 Å². The van der Waals surface area contributed by atoms with Crippen LogP contribution in [-0.2, 0) is 13.6 Å². The minimum absolute atomic E-state index is 0.417. The van der Waals surface area contributed by atoms with E-state index in [4.69, 9.17) is 16.0 Å². The molecule has 0 spiro atoms. The summed E-state index contributed by atoms with van der Waals surface area (Å²) in [6, 6.07) is 2.17. The number of imidazole rings is 1. The van der Waals surface area contributed by atoms with Gasteiger partial charge in [0, 0.05) is 39.1 Å². The molecule has 8 heteroatoms. The van der Waals surface area contributed by atoms with E-state index in [9.17, 15) is 5.26 Å². The van der Waals surface area contributed by atoms with Crippen LogP contribution < -0.4 is 4.90 Å². The zero-order valence-electron chi connectivity index (χ0n) is 13.6. The number of nitriles is 1. The molecule has 1 aliphatic heterocycles. The van der Waals surface area contributed by atoms with Crippen LogP contribution in [0.15, 0.2) is 10.6 Å². The summed E-state index contributed by atoms with van der Waals surface area (Å²) < 4.78 is 7.79. The highest BCUT2D eigenvalue weighted by atomic mass is 35.5. The molecule has 1 saturated heterocycles. The van der Waals surface area contributed by atoms with Gasteiger partial charge < -0.3 is 13.9 Å². The topological polar surface area (TPSA) is 74.1 Å². The maximum atomic E-state index is 9.31. The largest absolute Gasteiger partial charge is 0.423 e. The maximum absolute atomic E-state index is 9.31. The molecule has 0 bridgehead atoms. The van der Waals surface area contributed by atoms with Crippen molar-refractivity contribution < 1.29 is 4.42 Å². The Balaban J connectivity index is 1.41. The second kappa shape index (κ2) is 6.11. The van der Waals surface area contributed by atoms with Crippen molar-refractivity contribution in [1.82, 2.24) is 19.4 Å². The minimum atomic E-state index is 0.417. The van der Waals surface area contributed by atoms with E-state index in [0.29, 0.717) is 22.6 Å². The summed E-state index contributed by atoms with van der Waals surface area (Å²) in [6.07, 6.45) is 3.91. The molecule has 1 saturated carbocycles. The van der Waals surface area contributed by atoms with Crippen molar-refractivity contribution in [3.05, 3.63) is 28.8 Å². The van der Waals surface area contributed by atoms with E-state index < -0.39 is 0 Å². The van der Waals surface area contributed by atoms with Gasteiger partial charge in [-0.3, -0.25) is 4.90 Å². The first-order valence-electron chi connectivity index (χ1n) is 8.20. The summed E-state index contributed by atoms with van der Waals surface area (Å²) in [5, 5.41) is 9.96. The van der Waals surface area contributed by atoms with Crippen molar-refractivity contribution in [3.8, 4) is 6.07 Å². The van der Waals surface area contributed by atoms with Crippen LogP contribution in [0.5, 0.6) is 0 Å². The van der Waals surface area contributed by atoms with Gasteiger partial charge in [-0.2, -0.15) is 5.26 Å². The number of hydrogen-bond acceptors (Lipinski definition) is 6. The van der Waals surface area contributed by atoms with Crippen molar-refractivity contribution in [1.29, 1.82) is 5.26 Å². The molecule has 1 aliphatic carbocycles. The van der Waals surface area contributed by atoms with Crippen LogP contribution in [0.25, 0.3) is 0 Å². The lowest BCUT2D eigenvalue weighted by Crippen LogP contribution is -2.46. The summed E-state index contributed by atoms with van der Waals surface area (Å²) in [4.78, 5) is 13.2. The second-order valence-corrected chi connectivity index (χ2v) is 6.80. The van der Waals surface area contributed by atoms with Crippen molar-refractivity contribution >= 4 is 17.5 Å². The summed E-state index contributed by atoms with van der Waals surface area (Å²) in [5.74, 6) is 2.74. The highest BCUT2D eigenvalue weighted by molar-refractivity contribution is 6.29. The smallest absolute Gasteiger partial charge is 0.234 e. The lowest BCUT2D eigenvalue weighted by molar-refractivity contribution is 0.238. The molecule has 24 heavy (non-hydrogen) atoms. The third kappa shape index (κ3) is 2.87. The van der Waals surface area contributed by atoms with Crippen LogP contribution >= 0.6 is 11.6 Å². The van der Waals surface area contributed by atoms with Gasteiger partial charge in [0.1, 0.15) is 17.0 Å². The Morgan fingerprint density at radius 1 is 1.33 bits per heavy atom. The number of anilines is 1. The van der Waals surface area contributed by atoms with Gasteiger partial charge in [0.05, 0.1) is 12.7 Å². The summed E-state index contributed by atoms with van der Waals surface area (Å²) in [5.41, 5.74) is 0.418. The minimum Gasteiger partial charge on any atom is -0.423 e. The SMILES string of the molecule is Cn1c(Cl)cnc1CN1CCN(c2oc(C3CC3)nc2C#N)CC1. The third-order valence-corrected chi connectivity index (χ3v) is 5.06. The first-order valence-corrected chi connectivity index (χ1v) is 8.57. The Morgan fingerprint density at radius 3 is 2.67 bits per heavy atom. The molecule has 3 heterocycles. The zero-order chi connectivity index (χ0) is 16.7. The number of rotatable bonds is 4. The van der Waals surface area contributed by atoms with Crippen LogP contribution in [0.1, 0.15) is 36.2 Å². The summed E-state index contributed by atoms with van der Waals surface area (Å²) in [7, 11) is 1.92. The standard InChI is InChI=1S/C16H19ClN6O/c1-21-13(17)9-19-14(21)10-22-4-6-23(7-5-22)16-12(8-18)20-15(24-16)11-2-3-11/h9,11H,2-7,10H2,1H3. The van der Waals surface area contributed by atoms with Crippen LogP contribution in [0.3, 0.4) is 0 Å². The van der Waals surface area contributed by atoms with Gasteiger partial charge in [-0.25, -0.2) is 9.97 Å². The molecule has 0 unspecified atom stereocenters. The van der Waals surface area contributed by atoms with E-state index in [1.54, 1.807) is 6.20 Å². The number of halogens is 1. The van der Waals surface area contributed by atoms with E-state index in [1.165, 1.54) is 0 Å². The molecular weight excluding hydrogens is 328 g/mol. The van der Waals surface area contributed by atoms with Gasteiger partial charge >= 0.3 is 0 Å². The molecule has 0 N–H and O–H groups in total. The highest BCUT2D eigenvalue weighted by Gasteiger charge is 2.32. The number of oxazole rings is 1. The monoisotopic (exact) mass is 346 g/mol. The number of nitrogens with zero attached hydrogens (tertiary/aromatic N) is 6. The van der Waals surface area contributed by atoms with Crippen LogP contribution in [0.2, 0.25) is 5.15 Å². The molecule has 4 rings (SSSR count). The molecule has 0 aromatic carbocycles. The second-order valence-electron chi connectivity index (χ2n) is 6.41. The number of piperazine rings is 1. The Hall–Kier alpha value is -2.04. The first kappa shape index (κ1) is 15.5. The van der Waals surface area contributed by atoms with E-state index in [1.807, 2.05) is 11.6 Å². The number of aromatic nitrogens is 3. The Bertz CT molecular complexity index is 779. The van der Waals surface area contributed by atoms with Gasteiger partial charge in [-0.1, -0.05) is 11.6 Å². The van der Waals surface area contributed by atoms with Gasteiger partial charge in [0.15, 0.2) is 0 Å². The highest BCUT2D eigenvalue weighted by Crippen LogP contribution is 2.41. The van der Waals surface area contributed by atoms with Crippen molar-refractivity contribution in [2.45, 2.75) is 25.3 Å². The average molecular weight is 347 g/mol. The quantitative estimate of drug-likeness (QED) is 0.844. The van der Waals surface area contributed by atoms with Crippen molar-refractivity contribution in [3.63, 3.8) is 0 Å². The van der Waals surface area contributed by atoms with E-state index in [-0.39, 0.29) is 0 Å². The molecule has 2 aliphatic rings. The molecule has 0 radical (unpaired) electrons. The Kier molecular flexibility index (Phi) is 3.94. The van der Waals surface area contributed by atoms with Crippen LogP contribution in [-0.4, -0.2) is 45.6 Å².